The smallest absolute Gasteiger partial charge is 0.411 e. The van der Waals surface area contributed by atoms with Crippen LogP contribution in [0.4, 0.5) is 14.0 Å². The summed E-state index contributed by atoms with van der Waals surface area (Å²) in [5.41, 5.74) is 3.52. The SMILES string of the molecule is CC(c1ccc(-c2cccnc2)cc1)N1CCC(CCNS(C)(=O)=O)(c2ccccc2)OC1=O.CC(c1ccc(S(C)(=O)=O)cc1)N1CCC(CCO)(c2ccc(F)cc2)OC1=O. The average molecular weight is 901 g/mol. The minimum Gasteiger partial charge on any atom is -0.438 e. The van der Waals surface area contributed by atoms with Gasteiger partial charge in [0.05, 0.1) is 23.2 Å². The zero-order valence-corrected chi connectivity index (χ0v) is 37.3. The first kappa shape index (κ1) is 46.8. The summed E-state index contributed by atoms with van der Waals surface area (Å²) >= 11 is 0. The number of pyridine rings is 1. The number of halogens is 1. The predicted molar refractivity (Wildman–Crippen MR) is 237 cm³/mol. The van der Waals surface area contributed by atoms with Crippen LogP contribution >= 0.6 is 0 Å². The van der Waals surface area contributed by atoms with Gasteiger partial charge in [-0.2, -0.15) is 0 Å². The van der Waals surface area contributed by atoms with Crippen molar-refractivity contribution in [3.8, 4) is 11.1 Å². The highest BCUT2D eigenvalue weighted by molar-refractivity contribution is 7.90. The molecule has 0 bridgehead atoms. The van der Waals surface area contributed by atoms with Crippen molar-refractivity contribution >= 4 is 32.0 Å². The van der Waals surface area contributed by atoms with Gasteiger partial charge in [0.1, 0.15) is 17.0 Å². The molecule has 4 aromatic carbocycles. The number of aromatic nitrogens is 1. The fourth-order valence-electron chi connectivity index (χ4n) is 8.04. The van der Waals surface area contributed by atoms with Crippen molar-refractivity contribution in [2.24, 2.45) is 0 Å². The van der Waals surface area contributed by atoms with Crippen LogP contribution in [0.3, 0.4) is 0 Å². The molecule has 5 aromatic rings. The molecule has 4 unspecified atom stereocenters. The molecule has 2 aliphatic heterocycles. The van der Waals surface area contributed by atoms with Gasteiger partial charge in [-0.1, -0.05) is 84.9 Å². The van der Waals surface area contributed by atoms with Gasteiger partial charge in [0.2, 0.25) is 10.0 Å². The number of nitrogens with zero attached hydrogens (tertiary/aromatic N) is 3. The van der Waals surface area contributed by atoms with Gasteiger partial charge in [-0.05, 0) is 77.6 Å². The number of carbonyl (C=O) groups excluding carboxylic acids is 2. The van der Waals surface area contributed by atoms with E-state index in [1.807, 2.05) is 86.8 Å². The van der Waals surface area contributed by atoms with Gasteiger partial charge in [-0.15, -0.1) is 0 Å². The van der Waals surface area contributed by atoms with E-state index in [-0.39, 0.29) is 42.4 Å². The average Bonchev–Trinajstić information content (AvgIpc) is 3.26. The summed E-state index contributed by atoms with van der Waals surface area (Å²) in [4.78, 5) is 33.7. The van der Waals surface area contributed by atoms with E-state index in [1.165, 1.54) is 24.3 Å². The Morgan fingerprint density at radius 3 is 1.70 bits per heavy atom. The van der Waals surface area contributed by atoms with Gasteiger partial charge in [0.15, 0.2) is 9.84 Å². The Kier molecular flexibility index (Phi) is 14.7. The van der Waals surface area contributed by atoms with Crippen LogP contribution in [0, 0.1) is 5.82 Å². The van der Waals surface area contributed by atoms with Crippen LogP contribution < -0.4 is 4.72 Å². The first-order chi connectivity index (χ1) is 29.9. The molecule has 0 aliphatic carbocycles. The van der Waals surface area contributed by atoms with E-state index >= 15 is 0 Å². The number of aliphatic hydroxyl groups is 1. The van der Waals surface area contributed by atoms with Crippen molar-refractivity contribution in [3.05, 3.63) is 156 Å². The molecule has 63 heavy (non-hydrogen) atoms. The molecule has 3 heterocycles. The number of aliphatic hydroxyl groups excluding tert-OH is 1. The second kappa shape index (κ2) is 19.8. The van der Waals surface area contributed by atoms with Crippen LogP contribution in [0.25, 0.3) is 11.1 Å². The molecule has 7 rings (SSSR count). The molecular weight excluding hydrogens is 848 g/mol. The Balaban J connectivity index is 0.000000213. The summed E-state index contributed by atoms with van der Waals surface area (Å²) in [5, 5.41) is 9.50. The van der Waals surface area contributed by atoms with Crippen molar-refractivity contribution in [2.75, 3.05) is 38.8 Å². The fraction of sp³-hybridized carbons (Fsp3) is 0.340. The second-order valence-electron chi connectivity index (χ2n) is 15.9. The first-order valence-corrected chi connectivity index (χ1v) is 24.4. The molecule has 0 saturated carbocycles. The van der Waals surface area contributed by atoms with Crippen LogP contribution in [0.2, 0.25) is 0 Å². The summed E-state index contributed by atoms with van der Waals surface area (Å²) in [6.45, 7) is 4.72. The molecule has 334 valence electrons. The molecule has 2 saturated heterocycles. The van der Waals surface area contributed by atoms with Gasteiger partial charge in [-0.25, -0.2) is 35.5 Å². The Morgan fingerprint density at radius 1 is 0.698 bits per heavy atom. The number of benzene rings is 4. The van der Waals surface area contributed by atoms with Gasteiger partial charge in [0, 0.05) is 70.6 Å². The van der Waals surface area contributed by atoms with Crippen molar-refractivity contribution in [1.29, 1.82) is 0 Å². The summed E-state index contributed by atoms with van der Waals surface area (Å²) in [6.07, 6.45) is 6.47. The minimum absolute atomic E-state index is 0.168. The number of hydrogen-bond acceptors (Lipinski definition) is 10. The lowest BCUT2D eigenvalue weighted by atomic mass is 9.85. The number of nitrogens with one attached hydrogen (secondary N) is 1. The number of ether oxygens (including phenoxy) is 2. The molecule has 2 aliphatic rings. The standard InChI is InChI=1S/C26H29N3O4S.C21H24FNO5S/c1-20(21-10-12-22(13-11-21)23-7-6-16-27-19-23)29-18-15-26(33-25(29)30,14-17-28-34(2,31)32)24-8-4-3-5-9-24;1-15(16-3-9-19(10-4-16)29(2,26)27)23-13-11-21(12-14-24,28-20(23)25)17-5-7-18(22)8-6-17/h3-13,16,19-20,28H,14-15,17-18H2,1-2H3;3-10,15,24H,11-14H2,1-2H3. The zero-order chi connectivity index (χ0) is 45.4. The Bertz CT molecular complexity index is 2550. The Morgan fingerprint density at radius 2 is 1.22 bits per heavy atom. The number of carbonyl (C=O) groups is 2. The van der Waals surface area contributed by atoms with Gasteiger partial charge in [0.25, 0.3) is 0 Å². The summed E-state index contributed by atoms with van der Waals surface area (Å²) < 4.78 is 74.0. The normalized spacial score (nSPS) is 20.2. The molecule has 0 spiro atoms. The van der Waals surface area contributed by atoms with E-state index in [1.54, 1.807) is 40.3 Å². The number of rotatable bonds is 14. The van der Waals surface area contributed by atoms with Crippen LogP contribution in [-0.4, -0.2) is 87.7 Å². The first-order valence-electron chi connectivity index (χ1n) is 20.6. The van der Waals surface area contributed by atoms with Crippen molar-refractivity contribution < 1.29 is 45.4 Å². The Labute approximate surface area is 368 Å². The monoisotopic (exact) mass is 900 g/mol. The number of sulfone groups is 1. The molecule has 0 radical (unpaired) electrons. The van der Waals surface area contributed by atoms with Crippen LogP contribution in [0.5, 0.6) is 0 Å². The molecule has 16 heteroatoms. The number of amides is 2. The maximum Gasteiger partial charge on any atom is 0.411 e. The van der Waals surface area contributed by atoms with Crippen LogP contribution in [0.15, 0.2) is 133 Å². The third-order valence-electron chi connectivity index (χ3n) is 11.7. The molecular formula is C47H53FN4O9S2. The number of hydrogen-bond donors (Lipinski definition) is 2. The predicted octanol–water partition coefficient (Wildman–Crippen LogP) is 7.90. The lowest BCUT2D eigenvalue weighted by Gasteiger charge is -2.43. The number of cyclic esters (lactones) is 2. The minimum atomic E-state index is -3.34. The van der Waals surface area contributed by atoms with Gasteiger partial charge < -0.3 is 24.4 Å². The third kappa shape index (κ3) is 11.5. The maximum atomic E-state index is 13.3. The maximum absolute atomic E-state index is 13.3. The highest BCUT2D eigenvalue weighted by atomic mass is 32.2. The topological polar surface area (TPSA) is 173 Å². The van der Waals surface area contributed by atoms with Crippen LogP contribution in [-0.2, 0) is 40.5 Å². The lowest BCUT2D eigenvalue weighted by molar-refractivity contribution is -0.0719. The van der Waals surface area contributed by atoms with Crippen LogP contribution in [0.1, 0.15) is 73.9 Å². The third-order valence-corrected chi connectivity index (χ3v) is 13.6. The van der Waals surface area contributed by atoms with E-state index in [0.717, 1.165) is 40.3 Å². The lowest BCUT2D eigenvalue weighted by Crippen LogP contribution is -2.49. The largest absolute Gasteiger partial charge is 0.438 e. The summed E-state index contributed by atoms with van der Waals surface area (Å²) in [7, 11) is -6.63. The highest BCUT2D eigenvalue weighted by Crippen LogP contribution is 2.41. The number of sulfonamides is 1. The van der Waals surface area contributed by atoms with E-state index in [0.29, 0.717) is 37.9 Å². The quantitative estimate of drug-likeness (QED) is 0.112. The van der Waals surface area contributed by atoms with E-state index in [2.05, 4.69) is 9.71 Å². The molecule has 1 aromatic heterocycles. The zero-order valence-electron chi connectivity index (χ0n) is 35.7. The molecule has 13 nitrogen and oxygen atoms in total. The molecule has 2 fully saturated rings. The molecule has 2 amide bonds. The van der Waals surface area contributed by atoms with Crippen molar-refractivity contribution in [1.82, 2.24) is 19.5 Å². The van der Waals surface area contributed by atoms with E-state index in [9.17, 15) is 35.9 Å². The van der Waals surface area contributed by atoms with Crippen molar-refractivity contribution in [3.63, 3.8) is 0 Å². The molecule has 4 atom stereocenters. The Hall–Kier alpha value is -5.68. The van der Waals surface area contributed by atoms with Gasteiger partial charge in [-0.3, -0.25) is 4.98 Å². The summed E-state index contributed by atoms with van der Waals surface area (Å²) in [6, 6.07) is 33.2. The summed E-state index contributed by atoms with van der Waals surface area (Å²) in [5.74, 6) is -0.386. The van der Waals surface area contributed by atoms with E-state index in [4.69, 9.17) is 9.47 Å². The van der Waals surface area contributed by atoms with E-state index < -0.39 is 43.2 Å². The highest BCUT2D eigenvalue weighted by Gasteiger charge is 2.44. The van der Waals surface area contributed by atoms with Crippen molar-refractivity contribution in [2.45, 2.75) is 67.7 Å². The second-order valence-corrected chi connectivity index (χ2v) is 19.8. The fourth-order valence-corrected chi connectivity index (χ4v) is 9.15. The van der Waals surface area contributed by atoms with Gasteiger partial charge >= 0.3 is 12.2 Å². The molecule has 2 N–H and O–H groups in total.